The van der Waals surface area contributed by atoms with E-state index in [0.29, 0.717) is 10.8 Å². The van der Waals surface area contributed by atoms with E-state index in [1.54, 1.807) is 0 Å². The van der Waals surface area contributed by atoms with Crippen LogP contribution >= 0.6 is 0 Å². The molecule has 0 aromatic carbocycles. The number of ether oxygens (including phenoxy) is 1. The zero-order chi connectivity index (χ0) is 10.6. The molecule has 2 rings (SSSR count). The Hall–Kier alpha value is -0.530. The van der Waals surface area contributed by atoms with E-state index in [-0.39, 0.29) is 11.4 Å². The van der Waals surface area contributed by atoms with E-state index in [9.17, 15) is 4.79 Å². The predicted molar refractivity (Wildman–Crippen MR) is 54.8 cm³/mol. The largest absolute Gasteiger partial charge is 0.469 e. The van der Waals surface area contributed by atoms with Gasteiger partial charge in [-0.1, -0.05) is 13.8 Å². The molecule has 0 spiro atoms. The Bertz CT molecular complexity index is 286. The summed E-state index contributed by atoms with van der Waals surface area (Å²) in [6.07, 6.45) is 4.45. The number of carbonyl (C=O) groups is 1. The summed E-state index contributed by atoms with van der Waals surface area (Å²) in [6, 6.07) is 0. The molecular formula is C12H20O2. The number of carbonyl (C=O) groups excluding carboxylic acids is 1. The summed E-state index contributed by atoms with van der Waals surface area (Å²) in [6.45, 7) is 6.72. The van der Waals surface area contributed by atoms with Crippen LogP contribution in [0.15, 0.2) is 0 Å². The van der Waals surface area contributed by atoms with Crippen molar-refractivity contribution in [2.75, 3.05) is 7.11 Å². The first-order chi connectivity index (χ1) is 6.35. The Kier molecular flexibility index (Phi) is 1.81. The van der Waals surface area contributed by atoms with Crippen molar-refractivity contribution >= 4 is 5.97 Å². The van der Waals surface area contributed by atoms with Crippen LogP contribution in [-0.2, 0) is 9.53 Å². The summed E-state index contributed by atoms with van der Waals surface area (Å²) in [4.78, 5) is 11.7. The van der Waals surface area contributed by atoms with Crippen LogP contribution in [-0.4, -0.2) is 13.1 Å². The SMILES string of the molecule is COC(=O)[C@]1(C)CC[C@]2(C)C[C@]2(C)C1. The second kappa shape index (κ2) is 2.53. The van der Waals surface area contributed by atoms with E-state index in [1.165, 1.54) is 20.0 Å². The summed E-state index contributed by atoms with van der Waals surface area (Å²) < 4.78 is 4.90. The Morgan fingerprint density at radius 1 is 1.07 bits per heavy atom. The molecule has 2 aliphatic rings. The normalized spacial score (nSPS) is 50.9. The fraction of sp³-hybridized carbons (Fsp3) is 0.917. The van der Waals surface area contributed by atoms with Crippen LogP contribution < -0.4 is 0 Å². The summed E-state index contributed by atoms with van der Waals surface area (Å²) in [5.41, 5.74) is 0.689. The van der Waals surface area contributed by atoms with Gasteiger partial charge in [0.2, 0.25) is 0 Å². The van der Waals surface area contributed by atoms with Crippen molar-refractivity contribution in [3.63, 3.8) is 0 Å². The number of rotatable bonds is 1. The zero-order valence-electron chi connectivity index (χ0n) is 9.64. The van der Waals surface area contributed by atoms with Crippen LogP contribution in [0.3, 0.4) is 0 Å². The molecule has 2 aliphatic carbocycles. The topological polar surface area (TPSA) is 26.3 Å². The van der Waals surface area contributed by atoms with E-state index in [1.807, 2.05) is 0 Å². The van der Waals surface area contributed by atoms with Crippen LogP contribution in [0.4, 0.5) is 0 Å². The predicted octanol–water partition coefficient (Wildman–Crippen LogP) is 2.77. The smallest absolute Gasteiger partial charge is 0.311 e. The Morgan fingerprint density at radius 3 is 2.21 bits per heavy atom. The van der Waals surface area contributed by atoms with Crippen LogP contribution in [0.5, 0.6) is 0 Å². The number of methoxy groups -OCH3 is 1. The second-order valence-corrected chi connectivity index (χ2v) is 6.03. The lowest BCUT2D eigenvalue weighted by molar-refractivity contribution is -0.155. The van der Waals surface area contributed by atoms with Crippen LogP contribution in [0.25, 0.3) is 0 Å². The number of esters is 1. The number of hydrogen-bond donors (Lipinski definition) is 0. The highest BCUT2D eigenvalue weighted by Gasteiger charge is 2.66. The van der Waals surface area contributed by atoms with E-state index in [4.69, 9.17) is 4.74 Å². The highest BCUT2D eigenvalue weighted by Crippen LogP contribution is 2.73. The first-order valence-corrected chi connectivity index (χ1v) is 5.44. The van der Waals surface area contributed by atoms with E-state index >= 15 is 0 Å². The highest BCUT2D eigenvalue weighted by molar-refractivity contribution is 5.76. The van der Waals surface area contributed by atoms with Crippen molar-refractivity contribution in [3.8, 4) is 0 Å². The van der Waals surface area contributed by atoms with Crippen LogP contribution in [0.1, 0.15) is 46.5 Å². The molecule has 0 aromatic heterocycles. The van der Waals surface area contributed by atoms with Gasteiger partial charge < -0.3 is 4.74 Å². The lowest BCUT2D eigenvalue weighted by atomic mass is 9.67. The standard InChI is InChI=1S/C12H20O2/c1-10(9(13)14-4)5-6-11(2)8-12(11,3)7-10/h5-8H2,1-4H3/t10-,11-,12+/m1/s1. The molecule has 80 valence electrons. The minimum atomic E-state index is -0.223. The Labute approximate surface area is 86.0 Å². The third-order valence-corrected chi connectivity index (χ3v) is 4.80. The molecule has 0 amide bonds. The van der Waals surface area contributed by atoms with Crippen molar-refractivity contribution in [1.82, 2.24) is 0 Å². The van der Waals surface area contributed by atoms with Gasteiger partial charge in [-0.2, -0.15) is 0 Å². The fourth-order valence-corrected chi connectivity index (χ4v) is 3.40. The van der Waals surface area contributed by atoms with Gasteiger partial charge in [0.1, 0.15) is 0 Å². The summed E-state index contributed by atoms with van der Waals surface area (Å²) >= 11 is 0. The molecule has 3 atom stereocenters. The van der Waals surface area contributed by atoms with Crippen molar-refractivity contribution in [2.45, 2.75) is 46.5 Å². The van der Waals surface area contributed by atoms with Gasteiger partial charge in [-0.05, 0) is 43.4 Å². The van der Waals surface area contributed by atoms with E-state index in [0.717, 1.165) is 12.8 Å². The molecule has 0 aliphatic heterocycles. The third-order valence-electron chi connectivity index (χ3n) is 4.80. The molecular weight excluding hydrogens is 176 g/mol. The Balaban J connectivity index is 2.16. The van der Waals surface area contributed by atoms with Crippen LogP contribution in [0.2, 0.25) is 0 Å². The summed E-state index contributed by atoms with van der Waals surface area (Å²) in [5, 5.41) is 0. The van der Waals surface area contributed by atoms with Gasteiger partial charge in [0.25, 0.3) is 0 Å². The second-order valence-electron chi connectivity index (χ2n) is 6.03. The zero-order valence-corrected chi connectivity index (χ0v) is 9.64. The molecule has 0 saturated heterocycles. The average Bonchev–Trinajstić information content (AvgIpc) is 2.66. The highest BCUT2D eigenvalue weighted by atomic mass is 16.5. The lowest BCUT2D eigenvalue weighted by Gasteiger charge is -2.37. The Morgan fingerprint density at radius 2 is 1.71 bits per heavy atom. The molecule has 14 heavy (non-hydrogen) atoms. The maximum atomic E-state index is 11.7. The lowest BCUT2D eigenvalue weighted by Crippen LogP contribution is -2.36. The van der Waals surface area contributed by atoms with E-state index in [2.05, 4.69) is 20.8 Å². The maximum Gasteiger partial charge on any atom is 0.311 e. The van der Waals surface area contributed by atoms with Crippen molar-refractivity contribution in [1.29, 1.82) is 0 Å². The van der Waals surface area contributed by atoms with Gasteiger partial charge in [0.15, 0.2) is 0 Å². The van der Waals surface area contributed by atoms with E-state index < -0.39 is 0 Å². The number of hydrogen-bond acceptors (Lipinski definition) is 2. The molecule has 0 unspecified atom stereocenters. The first-order valence-electron chi connectivity index (χ1n) is 5.44. The quantitative estimate of drug-likeness (QED) is 0.603. The minimum Gasteiger partial charge on any atom is -0.469 e. The van der Waals surface area contributed by atoms with Gasteiger partial charge in [-0.3, -0.25) is 4.79 Å². The van der Waals surface area contributed by atoms with Gasteiger partial charge in [0.05, 0.1) is 12.5 Å². The molecule has 0 radical (unpaired) electrons. The monoisotopic (exact) mass is 196 g/mol. The maximum absolute atomic E-state index is 11.7. The number of fused-ring (bicyclic) bond motifs is 1. The first kappa shape index (κ1) is 10.0. The van der Waals surface area contributed by atoms with Crippen molar-refractivity contribution in [3.05, 3.63) is 0 Å². The minimum absolute atomic E-state index is 0.0207. The molecule has 0 bridgehead atoms. The van der Waals surface area contributed by atoms with Gasteiger partial charge in [0, 0.05) is 0 Å². The van der Waals surface area contributed by atoms with Gasteiger partial charge in [-0.15, -0.1) is 0 Å². The molecule has 2 fully saturated rings. The van der Waals surface area contributed by atoms with Crippen molar-refractivity contribution < 1.29 is 9.53 Å². The summed E-state index contributed by atoms with van der Waals surface area (Å²) in [5.74, 6) is -0.0207. The molecule has 0 aromatic rings. The van der Waals surface area contributed by atoms with Gasteiger partial charge in [-0.25, -0.2) is 0 Å². The van der Waals surface area contributed by atoms with Crippen LogP contribution in [0, 0.1) is 16.2 Å². The van der Waals surface area contributed by atoms with Gasteiger partial charge >= 0.3 is 5.97 Å². The third kappa shape index (κ3) is 1.12. The molecule has 2 saturated carbocycles. The molecule has 2 heteroatoms. The molecule has 2 nitrogen and oxygen atoms in total. The fourth-order valence-electron chi connectivity index (χ4n) is 3.40. The molecule has 0 N–H and O–H groups in total. The summed E-state index contributed by atoms with van der Waals surface area (Å²) in [7, 11) is 1.50. The van der Waals surface area contributed by atoms with Crippen molar-refractivity contribution in [2.24, 2.45) is 16.2 Å². The average molecular weight is 196 g/mol. The molecule has 0 heterocycles.